The largest absolute Gasteiger partial charge is 0.416 e. The fraction of sp³-hybridized carbons (Fsp3) is 0.333. The zero-order valence-corrected chi connectivity index (χ0v) is 21.5. The van der Waals surface area contributed by atoms with Gasteiger partial charge in [-0.2, -0.15) is 13.2 Å². The molecule has 1 fully saturated rings. The summed E-state index contributed by atoms with van der Waals surface area (Å²) in [6.07, 6.45) is -2.07. The van der Waals surface area contributed by atoms with E-state index in [4.69, 9.17) is 4.74 Å². The number of aromatic nitrogens is 1. The van der Waals surface area contributed by atoms with Gasteiger partial charge in [-0.15, -0.1) is 0 Å². The molecule has 1 aromatic heterocycles. The molecule has 0 unspecified atom stereocenters. The minimum absolute atomic E-state index is 0.0300. The van der Waals surface area contributed by atoms with Crippen molar-refractivity contribution in [3.05, 3.63) is 87.6 Å². The third kappa shape index (κ3) is 8.63. The molecule has 4 rings (SSSR count). The number of hydrogen-bond donors (Lipinski definition) is 1. The van der Waals surface area contributed by atoms with Crippen molar-refractivity contribution in [1.29, 1.82) is 0 Å². The van der Waals surface area contributed by atoms with Crippen molar-refractivity contribution < 1.29 is 27.6 Å². The molecule has 1 aliphatic heterocycles. The highest BCUT2D eigenvalue weighted by Crippen LogP contribution is 2.33. The lowest BCUT2D eigenvalue weighted by Crippen LogP contribution is -2.36. The fourth-order valence-corrected chi connectivity index (χ4v) is 3.64. The summed E-state index contributed by atoms with van der Waals surface area (Å²) < 4.78 is 41.9. The predicted octanol–water partition coefficient (Wildman–Crippen LogP) is 5.76. The molecule has 0 saturated carbocycles. The van der Waals surface area contributed by atoms with Crippen LogP contribution in [0.2, 0.25) is 0 Å². The smallest absolute Gasteiger partial charge is 0.378 e. The Labute approximate surface area is 219 Å². The molecule has 0 bridgehead atoms. The topological polar surface area (TPSA) is 97.6 Å². The number of anilines is 1. The summed E-state index contributed by atoms with van der Waals surface area (Å²) in [5, 5.41) is 14.1. The molecule has 0 radical (unpaired) electrons. The number of ether oxygens (including phenoxy) is 1. The lowest BCUT2D eigenvalue weighted by Gasteiger charge is -2.29. The first kappa shape index (κ1) is 30.4. The van der Waals surface area contributed by atoms with Gasteiger partial charge in [-0.3, -0.25) is 19.9 Å². The van der Waals surface area contributed by atoms with Gasteiger partial charge in [0, 0.05) is 43.1 Å². The number of nitro groups is 1. The summed E-state index contributed by atoms with van der Waals surface area (Å²) in [7, 11) is 1.69. The Morgan fingerprint density at radius 2 is 1.82 bits per heavy atom. The molecule has 2 aromatic carbocycles. The average Bonchev–Trinajstić information content (AvgIpc) is 2.94. The number of rotatable bonds is 6. The van der Waals surface area contributed by atoms with E-state index in [1.807, 2.05) is 13.8 Å². The molecule has 8 nitrogen and oxygen atoms in total. The number of nitrogens with zero attached hydrogens (tertiary/aromatic N) is 3. The number of carbonyl (C=O) groups excluding carboxylic acids is 1. The Morgan fingerprint density at radius 3 is 2.42 bits per heavy atom. The van der Waals surface area contributed by atoms with Crippen LogP contribution in [0.3, 0.4) is 0 Å². The maximum atomic E-state index is 12.2. The SMILES string of the molecule is CC.CNCc1cccc(C(F)(F)F)c1.O=Cc1ccnc(-c2cc(N3CCOCC3)ccc2[N+](=O)[O-])c1. The van der Waals surface area contributed by atoms with Crippen LogP contribution in [-0.4, -0.2) is 49.5 Å². The maximum absolute atomic E-state index is 12.2. The van der Waals surface area contributed by atoms with Crippen molar-refractivity contribution in [3.63, 3.8) is 0 Å². The normalized spacial score (nSPS) is 12.9. The van der Waals surface area contributed by atoms with E-state index in [2.05, 4.69) is 15.2 Å². The van der Waals surface area contributed by atoms with E-state index in [1.54, 1.807) is 37.4 Å². The quantitative estimate of drug-likeness (QED) is 0.245. The summed E-state index contributed by atoms with van der Waals surface area (Å²) in [5.74, 6) is 0. The first-order valence-corrected chi connectivity index (χ1v) is 12.1. The highest BCUT2D eigenvalue weighted by Gasteiger charge is 2.30. The zero-order valence-electron chi connectivity index (χ0n) is 21.5. The summed E-state index contributed by atoms with van der Waals surface area (Å²) in [6.45, 7) is 7.18. The molecule has 3 aromatic rings. The van der Waals surface area contributed by atoms with Gasteiger partial charge in [0.05, 0.1) is 35.0 Å². The van der Waals surface area contributed by atoms with Gasteiger partial charge >= 0.3 is 6.18 Å². The van der Waals surface area contributed by atoms with Gasteiger partial charge in [-0.05, 0) is 42.9 Å². The summed E-state index contributed by atoms with van der Waals surface area (Å²) in [5.41, 5.74) is 2.14. The Bertz CT molecular complexity index is 1200. The number of benzene rings is 2. The van der Waals surface area contributed by atoms with Crippen molar-refractivity contribution in [2.75, 3.05) is 38.3 Å². The standard InChI is InChI=1S/C16H15N3O4.C9H10F3N.C2H6/c20-11-12-3-4-17-15(9-12)14-10-13(1-2-16(14)19(21)22)18-5-7-23-8-6-18;1-13-6-7-3-2-4-8(5-7)9(10,11)12;1-2/h1-4,9-11H,5-8H2;2-5,13H,6H2,1H3;1-2H3. The van der Waals surface area contributed by atoms with Crippen LogP contribution in [-0.2, 0) is 17.5 Å². The molecule has 11 heteroatoms. The molecule has 1 saturated heterocycles. The summed E-state index contributed by atoms with van der Waals surface area (Å²) in [4.78, 5) is 28.1. The van der Waals surface area contributed by atoms with Gasteiger partial charge in [-0.1, -0.05) is 32.0 Å². The Morgan fingerprint density at radius 1 is 1.11 bits per heavy atom. The first-order valence-electron chi connectivity index (χ1n) is 12.1. The first-order chi connectivity index (χ1) is 18.2. The number of aldehydes is 1. The van der Waals surface area contributed by atoms with E-state index in [0.29, 0.717) is 48.4 Å². The van der Waals surface area contributed by atoms with E-state index < -0.39 is 16.7 Å². The number of halogens is 3. The molecule has 1 aliphatic rings. The molecule has 38 heavy (non-hydrogen) atoms. The number of hydrogen-bond acceptors (Lipinski definition) is 7. The van der Waals surface area contributed by atoms with Gasteiger partial charge < -0.3 is 15.0 Å². The van der Waals surface area contributed by atoms with Crippen LogP contribution in [0.5, 0.6) is 0 Å². The van der Waals surface area contributed by atoms with Gasteiger partial charge in [-0.25, -0.2) is 0 Å². The fourth-order valence-electron chi connectivity index (χ4n) is 3.64. The molecule has 1 N–H and O–H groups in total. The highest BCUT2D eigenvalue weighted by atomic mass is 19.4. The third-order valence-electron chi connectivity index (χ3n) is 5.38. The van der Waals surface area contributed by atoms with E-state index in [9.17, 15) is 28.1 Å². The van der Waals surface area contributed by atoms with E-state index in [-0.39, 0.29) is 5.69 Å². The van der Waals surface area contributed by atoms with Gasteiger partial charge in [0.25, 0.3) is 5.69 Å². The van der Waals surface area contributed by atoms with Crippen LogP contribution >= 0.6 is 0 Å². The second kappa shape index (κ2) is 14.8. The van der Waals surface area contributed by atoms with E-state index >= 15 is 0 Å². The highest BCUT2D eigenvalue weighted by molar-refractivity contribution is 5.81. The van der Waals surface area contributed by atoms with Crippen molar-refractivity contribution in [3.8, 4) is 11.3 Å². The lowest BCUT2D eigenvalue weighted by molar-refractivity contribution is -0.384. The number of nitrogens with one attached hydrogen (secondary N) is 1. The molecular formula is C27H31F3N4O4. The summed E-state index contributed by atoms with van der Waals surface area (Å²) in [6, 6.07) is 13.4. The number of morpholine rings is 1. The lowest BCUT2D eigenvalue weighted by atomic mass is 10.1. The second-order valence-corrected chi connectivity index (χ2v) is 7.88. The monoisotopic (exact) mass is 532 g/mol. The van der Waals surface area contributed by atoms with Crippen LogP contribution < -0.4 is 10.2 Å². The van der Waals surface area contributed by atoms with Crippen molar-refractivity contribution in [2.24, 2.45) is 0 Å². The predicted molar refractivity (Wildman–Crippen MR) is 140 cm³/mol. The summed E-state index contributed by atoms with van der Waals surface area (Å²) >= 11 is 0. The van der Waals surface area contributed by atoms with Crippen LogP contribution in [0.4, 0.5) is 24.5 Å². The van der Waals surface area contributed by atoms with Crippen LogP contribution in [0.25, 0.3) is 11.3 Å². The molecule has 0 aliphatic carbocycles. The third-order valence-corrected chi connectivity index (χ3v) is 5.38. The maximum Gasteiger partial charge on any atom is 0.416 e. The van der Waals surface area contributed by atoms with E-state index in [1.165, 1.54) is 18.3 Å². The number of alkyl halides is 3. The number of carbonyl (C=O) groups is 1. The van der Waals surface area contributed by atoms with Crippen LogP contribution in [0, 0.1) is 10.1 Å². The minimum Gasteiger partial charge on any atom is -0.378 e. The van der Waals surface area contributed by atoms with Crippen LogP contribution in [0.1, 0.15) is 35.3 Å². The van der Waals surface area contributed by atoms with Gasteiger partial charge in [0.2, 0.25) is 0 Å². The van der Waals surface area contributed by atoms with Crippen molar-refractivity contribution in [2.45, 2.75) is 26.6 Å². The molecule has 204 valence electrons. The van der Waals surface area contributed by atoms with Crippen molar-refractivity contribution in [1.82, 2.24) is 10.3 Å². The Balaban J connectivity index is 0.000000288. The minimum atomic E-state index is -4.25. The van der Waals surface area contributed by atoms with Crippen molar-refractivity contribution >= 4 is 17.7 Å². The Kier molecular flexibility index (Phi) is 11.8. The van der Waals surface area contributed by atoms with E-state index in [0.717, 1.165) is 30.9 Å². The Hall–Kier alpha value is -3.83. The zero-order chi connectivity index (χ0) is 28.1. The average molecular weight is 533 g/mol. The van der Waals surface area contributed by atoms with Gasteiger partial charge in [0.1, 0.15) is 6.29 Å². The molecular weight excluding hydrogens is 501 g/mol. The second-order valence-electron chi connectivity index (χ2n) is 7.88. The number of pyridine rings is 1. The molecule has 0 amide bonds. The van der Waals surface area contributed by atoms with Gasteiger partial charge in [0.15, 0.2) is 0 Å². The number of nitro benzene ring substituents is 1. The molecule has 0 atom stereocenters. The molecule has 0 spiro atoms. The molecule has 2 heterocycles. The van der Waals surface area contributed by atoms with Crippen LogP contribution in [0.15, 0.2) is 60.8 Å².